The molecule has 5 heteroatoms. The van der Waals surface area contributed by atoms with Crippen LogP contribution >= 0.6 is 0 Å². The molecule has 0 fully saturated rings. The molecule has 0 aliphatic carbocycles. The molecule has 0 N–H and O–H groups in total. The highest BCUT2D eigenvalue weighted by Crippen LogP contribution is 2.27. The molecule has 0 saturated carbocycles. The van der Waals surface area contributed by atoms with E-state index in [-0.39, 0.29) is 0 Å². The Morgan fingerprint density at radius 2 is 1.75 bits per heavy atom. The SMILES string of the molecule is N#CC(C#N)[C@H](C[N+](=O)[O-])c1ccc2ccccc2c1. The van der Waals surface area contributed by atoms with Gasteiger partial charge in [-0.3, -0.25) is 10.1 Å². The van der Waals surface area contributed by atoms with Crippen molar-refractivity contribution in [3.63, 3.8) is 0 Å². The predicted molar refractivity (Wildman–Crippen MR) is 73.3 cm³/mol. The van der Waals surface area contributed by atoms with Crippen molar-refractivity contribution in [2.45, 2.75) is 5.92 Å². The van der Waals surface area contributed by atoms with E-state index < -0.39 is 23.3 Å². The number of nitrogens with zero attached hydrogens (tertiary/aromatic N) is 3. The first kappa shape index (κ1) is 13.5. The number of hydrogen-bond acceptors (Lipinski definition) is 4. The van der Waals surface area contributed by atoms with Crippen molar-refractivity contribution in [1.82, 2.24) is 0 Å². The van der Waals surface area contributed by atoms with Crippen LogP contribution in [-0.4, -0.2) is 11.5 Å². The lowest BCUT2D eigenvalue weighted by Crippen LogP contribution is -2.19. The fraction of sp³-hybridized carbons (Fsp3) is 0.200. The number of benzene rings is 2. The molecule has 1 atom stereocenters. The van der Waals surface area contributed by atoms with E-state index in [9.17, 15) is 10.1 Å². The van der Waals surface area contributed by atoms with Crippen LogP contribution in [0.4, 0.5) is 0 Å². The summed E-state index contributed by atoms with van der Waals surface area (Å²) >= 11 is 0. The Kier molecular flexibility index (Phi) is 3.93. The smallest absolute Gasteiger partial charge is 0.212 e. The number of nitriles is 2. The van der Waals surface area contributed by atoms with Crippen molar-refractivity contribution >= 4 is 10.8 Å². The maximum atomic E-state index is 10.8. The zero-order valence-electron chi connectivity index (χ0n) is 10.6. The van der Waals surface area contributed by atoms with Gasteiger partial charge in [0.15, 0.2) is 0 Å². The van der Waals surface area contributed by atoms with Gasteiger partial charge in [0.2, 0.25) is 6.54 Å². The Morgan fingerprint density at radius 3 is 2.35 bits per heavy atom. The standard InChI is InChI=1S/C15H11N3O2/c16-8-14(9-17)15(10-18(19)20)13-6-5-11-3-1-2-4-12(11)7-13/h1-7,14-15H,10H2/t15-/m1/s1. The third-order valence-electron chi connectivity index (χ3n) is 3.23. The molecule has 2 aromatic rings. The molecule has 0 radical (unpaired) electrons. The topological polar surface area (TPSA) is 90.7 Å². The normalized spacial score (nSPS) is 11.8. The molecule has 0 bridgehead atoms. The van der Waals surface area contributed by atoms with Crippen LogP contribution in [0.2, 0.25) is 0 Å². The summed E-state index contributed by atoms with van der Waals surface area (Å²) in [6.07, 6.45) is 0. The Morgan fingerprint density at radius 1 is 1.10 bits per heavy atom. The Labute approximate surface area is 115 Å². The molecule has 0 saturated heterocycles. The van der Waals surface area contributed by atoms with Crippen LogP contribution in [-0.2, 0) is 0 Å². The minimum absolute atomic E-state index is 0.426. The Hall–Kier alpha value is -2.92. The van der Waals surface area contributed by atoms with E-state index in [4.69, 9.17) is 10.5 Å². The average molecular weight is 265 g/mol. The van der Waals surface area contributed by atoms with Gasteiger partial charge in [-0.25, -0.2) is 0 Å². The van der Waals surface area contributed by atoms with E-state index in [0.29, 0.717) is 5.56 Å². The molecule has 20 heavy (non-hydrogen) atoms. The predicted octanol–water partition coefficient (Wildman–Crippen LogP) is 2.86. The monoisotopic (exact) mass is 265 g/mol. The van der Waals surface area contributed by atoms with Crippen LogP contribution in [0.25, 0.3) is 10.8 Å². The lowest BCUT2D eigenvalue weighted by molar-refractivity contribution is -0.484. The molecule has 0 heterocycles. The summed E-state index contributed by atoms with van der Waals surface area (Å²) in [5, 5.41) is 30.7. The van der Waals surface area contributed by atoms with Gasteiger partial charge in [0.1, 0.15) is 5.92 Å². The van der Waals surface area contributed by atoms with Gasteiger partial charge in [0, 0.05) is 4.92 Å². The van der Waals surface area contributed by atoms with E-state index in [1.165, 1.54) is 0 Å². The molecule has 2 rings (SSSR count). The van der Waals surface area contributed by atoms with Gasteiger partial charge >= 0.3 is 0 Å². The zero-order valence-corrected chi connectivity index (χ0v) is 10.6. The number of rotatable bonds is 4. The maximum Gasteiger partial charge on any atom is 0.212 e. The molecule has 0 amide bonds. The van der Waals surface area contributed by atoms with Gasteiger partial charge < -0.3 is 0 Å². The van der Waals surface area contributed by atoms with Crippen molar-refractivity contribution in [3.8, 4) is 12.1 Å². The van der Waals surface area contributed by atoms with Crippen LogP contribution in [0.3, 0.4) is 0 Å². The summed E-state index contributed by atoms with van der Waals surface area (Å²) in [5.41, 5.74) is 0.647. The molecular formula is C15H11N3O2. The van der Waals surface area contributed by atoms with Gasteiger partial charge in [0.05, 0.1) is 18.1 Å². The number of fused-ring (bicyclic) bond motifs is 1. The lowest BCUT2D eigenvalue weighted by Gasteiger charge is -2.14. The first-order chi connectivity index (χ1) is 9.65. The second kappa shape index (κ2) is 5.81. The first-order valence-corrected chi connectivity index (χ1v) is 6.05. The quantitative estimate of drug-likeness (QED) is 0.627. The minimum Gasteiger partial charge on any atom is -0.265 e. The third kappa shape index (κ3) is 2.73. The fourth-order valence-corrected chi connectivity index (χ4v) is 2.21. The first-order valence-electron chi connectivity index (χ1n) is 6.05. The summed E-state index contributed by atoms with van der Waals surface area (Å²) in [6, 6.07) is 16.7. The summed E-state index contributed by atoms with van der Waals surface area (Å²) < 4.78 is 0. The number of hydrogen-bond donors (Lipinski definition) is 0. The highest BCUT2D eigenvalue weighted by molar-refractivity contribution is 5.83. The van der Waals surface area contributed by atoms with Crippen molar-refractivity contribution < 1.29 is 4.92 Å². The molecule has 0 aliphatic rings. The van der Waals surface area contributed by atoms with Gasteiger partial charge in [0.25, 0.3) is 0 Å². The van der Waals surface area contributed by atoms with E-state index in [2.05, 4.69) is 0 Å². The Bertz CT molecular complexity index is 714. The molecule has 2 aromatic carbocycles. The Balaban J connectivity index is 2.48. The van der Waals surface area contributed by atoms with Gasteiger partial charge in [-0.15, -0.1) is 0 Å². The largest absolute Gasteiger partial charge is 0.265 e. The summed E-state index contributed by atoms with van der Waals surface area (Å²) in [7, 11) is 0. The van der Waals surface area contributed by atoms with Crippen LogP contribution in [0.5, 0.6) is 0 Å². The van der Waals surface area contributed by atoms with Crippen molar-refractivity contribution in [2.24, 2.45) is 5.92 Å². The van der Waals surface area contributed by atoms with Gasteiger partial charge in [-0.05, 0) is 16.3 Å². The zero-order chi connectivity index (χ0) is 14.5. The summed E-state index contributed by atoms with van der Waals surface area (Å²) in [5.74, 6) is -1.74. The van der Waals surface area contributed by atoms with E-state index >= 15 is 0 Å². The van der Waals surface area contributed by atoms with Gasteiger partial charge in [-0.1, -0.05) is 42.5 Å². The molecule has 0 aliphatic heterocycles. The van der Waals surface area contributed by atoms with Crippen molar-refractivity contribution in [1.29, 1.82) is 10.5 Å². The molecule has 0 aromatic heterocycles. The highest BCUT2D eigenvalue weighted by atomic mass is 16.6. The van der Waals surface area contributed by atoms with Crippen molar-refractivity contribution in [2.75, 3.05) is 6.54 Å². The summed E-state index contributed by atoms with van der Waals surface area (Å²) in [6.45, 7) is -0.426. The molecule has 0 unspecified atom stereocenters. The van der Waals surface area contributed by atoms with Gasteiger partial charge in [-0.2, -0.15) is 10.5 Å². The van der Waals surface area contributed by atoms with E-state index in [0.717, 1.165) is 10.8 Å². The van der Waals surface area contributed by atoms with Crippen molar-refractivity contribution in [3.05, 3.63) is 58.1 Å². The minimum atomic E-state index is -1.03. The second-order valence-corrected chi connectivity index (χ2v) is 4.46. The molecule has 5 nitrogen and oxygen atoms in total. The lowest BCUT2D eigenvalue weighted by atomic mass is 9.87. The molecule has 98 valence electrons. The maximum absolute atomic E-state index is 10.8. The summed E-state index contributed by atoms with van der Waals surface area (Å²) in [4.78, 5) is 10.3. The third-order valence-corrected chi connectivity index (χ3v) is 3.23. The van der Waals surface area contributed by atoms with E-state index in [1.807, 2.05) is 48.5 Å². The van der Waals surface area contributed by atoms with Crippen LogP contribution in [0, 0.1) is 38.7 Å². The molecule has 0 spiro atoms. The average Bonchev–Trinajstić information content (AvgIpc) is 2.46. The number of nitro groups is 1. The fourth-order valence-electron chi connectivity index (χ4n) is 2.21. The second-order valence-electron chi connectivity index (χ2n) is 4.46. The van der Waals surface area contributed by atoms with E-state index in [1.54, 1.807) is 6.07 Å². The van der Waals surface area contributed by atoms with Crippen LogP contribution in [0.1, 0.15) is 11.5 Å². The van der Waals surface area contributed by atoms with Crippen LogP contribution in [0.15, 0.2) is 42.5 Å². The van der Waals surface area contributed by atoms with Crippen LogP contribution < -0.4 is 0 Å². The highest BCUT2D eigenvalue weighted by Gasteiger charge is 2.28. The molecular weight excluding hydrogens is 254 g/mol.